The van der Waals surface area contributed by atoms with E-state index in [2.05, 4.69) is 16.0 Å². The van der Waals surface area contributed by atoms with E-state index in [0.29, 0.717) is 17.6 Å². The van der Waals surface area contributed by atoms with E-state index in [1.807, 2.05) is 0 Å². The molecule has 98 valence electrons. The van der Waals surface area contributed by atoms with Gasteiger partial charge in [0.25, 0.3) is 0 Å². The summed E-state index contributed by atoms with van der Waals surface area (Å²) in [4.78, 5) is 6.99. The summed E-state index contributed by atoms with van der Waals surface area (Å²) in [5, 5.41) is 0.682. The molecule has 0 aromatic carbocycles. The van der Waals surface area contributed by atoms with Crippen molar-refractivity contribution < 1.29 is 0 Å². The van der Waals surface area contributed by atoms with Gasteiger partial charge >= 0.3 is 0 Å². The maximum absolute atomic E-state index is 6.09. The highest BCUT2D eigenvalue weighted by molar-refractivity contribution is 6.31. The summed E-state index contributed by atoms with van der Waals surface area (Å²) in [5.41, 5.74) is 6.73. The number of piperidine rings is 1. The van der Waals surface area contributed by atoms with Crippen LogP contribution in [0.5, 0.6) is 0 Å². The van der Waals surface area contributed by atoms with Gasteiger partial charge in [-0.2, -0.15) is 0 Å². The van der Waals surface area contributed by atoms with Crippen molar-refractivity contribution in [2.45, 2.75) is 44.7 Å². The maximum atomic E-state index is 6.09. The Morgan fingerprint density at radius 3 is 3.00 bits per heavy atom. The third-order valence-electron chi connectivity index (χ3n) is 4.43. The molecule has 18 heavy (non-hydrogen) atoms. The predicted molar refractivity (Wildman–Crippen MR) is 74.8 cm³/mol. The SMILES string of the molecule is NCc1cc(N2CCCC3CCCC32)ncc1Cl. The highest BCUT2D eigenvalue weighted by Crippen LogP contribution is 2.38. The number of hydrogen-bond donors (Lipinski definition) is 1. The summed E-state index contributed by atoms with van der Waals surface area (Å²) in [6, 6.07) is 2.77. The quantitative estimate of drug-likeness (QED) is 0.894. The molecular weight excluding hydrogens is 246 g/mol. The molecule has 2 unspecified atom stereocenters. The van der Waals surface area contributed by atoms with E-state index in [1.165, 1.54) is 32.1 Å². The van der Waals surface area contributed by atoms with Crippen molar-refractivity contribution >= 4 is 17.4 Å². The van der Waals surface area contributed by atoms with Crippen molar-refractivity contribution in [1.29, 1.82) is 0 Å². The first-order chi connectivity index (χ1) is 8.79. The largest absolute Gasteiger partial charge is 0.353 e. The number of fused-ring (bicyclic) bond motifs is 1. The van der Waals surface area contributed by atoms with Crippen LogP contribution in [0.25, 0.3) is 0 Å². The average molecular weight is 266 g/mol. The standard InChI is InChI=1S/C14H20ClN3/c15-12-9-17-14(7-11(12)8-16)18-6-2-4-10-3-1-5-13(10)18/h7,9-10,13H,1-6,8,16H2. The molecule has 1 aromatic rings. The molecule has 2 heterocycles. The van der Waals surface area contributed by atoms with Crippen molar-refractivity contribution in [3.05, 3.63) is 22.8 Å². The van der Waals surface area contributed by atoms with Gasteiger partial charge in [0.05, 0.1) is 5.02 Å². The van der Waals surface area contributed by atoms with Gasteiger partial charge in [0, 0.05) is 25.3 Å². The van der Waals surface area contributed by atoms with Gasteiger partial charge in [-0.05, 0) is 43.2 Å². The number of halogens is 1. The Labute approximate surface area is 113 Å². The van der Waals surface area contributed by atoms with E-state index < -0.39 is 0 Å². The second-order valence-electron chi connectivity index (χ2n) is 5.43. The van der Waals surface area contributed by atoms with E-state index >= 15 is 0 Å². The topological polar surface area (TPSA) is 42.1 Å². The highest BCUT2D eigenvalue weighted by Gasteiger charge is 2.35. The summed E-state index contributed by atoms with van der Waals surface area (Å²) in [6.07, 6.45) is 8.48. The number of aromatic nitrogens is 1. The Morgan fingerprint density at radius 2 is 2.17 bits per heavy atom. The lowest BCUT2D eigenvalue weighted by atomic mass is 9.92. The van der Waals surface area contributed by atoms with Gasteiger partial charge in [-0.1, -0.05) is 18.0 Å². The van der Waals surface area contributed by atoms with Gasteiger partial charge in [-0.15, -0.1) is 0 Å². The van der Waals surface area contributed by atoms with Crippen LogP contribution in [0, 0.1) is 5.92 Å². The summed E-state index contributed by atoms with van der Waals surface area (Å²) in [6.45, 7) is 1.61. The van der Waals surface area contributed by atoms with Crippen molar-refractivity contribution in [2.75, 3.05) is 11.4 Å². The highest BCUT2D eigenvalue weighted by atomic mass is 35.5. The van der Waals surface area contributed by atoms with Crippen molar-refractivity contribution in [2.24, 2.45) is 11.7 Å². The van der Waals surface area contributed by atoms with Crippen molar-refractivity contribution in [3.8, 4) is 0 Å². The van der Waals surface area contributed by atoms with Crippen LogP contribution in [0.15, 0.2) is 12.3 Å². The summed E-state index contributed by atoms with van der Waals surface area (Å²) < 4.78 is 0. The average Bonchev–Trinajstić information content (AvgIpc) is 2.87. The van der Waals surface area contributed by atoms with E-state index in [-0.39, 0.29) is 0 Å². The number of pyridine rings is 1. The van der Waals surface area contributed by atoms with E-state index in [1.54, 1.807) is 6.20 Å². The molecule has 0 spiro atoms. The molecular formula is C14H20ClN3. The van der Waals surface area contributed by atoms with Crippen LogP contribution < -0.4 is 10.6 Å². The minimum Gasteiger partial charge on any atom is -0.353 e. The molecule has 0 bridgehead atoms. The van der Waals surface area contributed by atoms with E-state index in [4.69, 9.17) is 17.3 Å². The molecule has 2 aliphatic rings. The second kappa shape index (κ2) is 5.06. The second-order valence-corrected chi connectivity index (χ2v) is 5.84. The fraction of sp³-hybridized carbons (Fsp3) is 0.643. The Morgan fingerprint density at radius 1 is 1.33 bits per heavy atom. The molecule has 1 aliphatic carbocycles. The van der Waals surface area contributed by atoms with Crippen LogP contribution >= 0.6 is 11.6 Å². The molecule has 3 nitrogen and oxygen atoms in total. The van der Waals surface area contributed by atoms with Gasteiger partial charge < -0.3 is 10.6 Å². The molecule has 4 heteroatoms. The number of nitrogens with two attached hydrogens (primary N) is 1. The predicted octanol–water partition coefficient (Wildman–Crippen LogP) is 2.96. The molecule has 0 amide bonds. The van der Waals surface area contributed by atoms with Crippen LogP contribution in [0.3, 0.4) is 0 Å². The summed E-state index contributed by atoms with van der Waals surface area (Å²) in [7, 11) is 0. The first-order valence-electron chi connectivity index (χ1n) is 6.90. The van der Waals surface area contributed by atoms with Gasteiger partial charge in [0.2, 0.25) is 0 Å². The number of hydrogen-bond acceptors (Lipinski definition) is 3. The first-order valence-corrected chi connectivity index (χ1v) is 7.28. The lowest BCUT2D eigenvalue weighted by molar-refractivity contribution is 0.360. The van der Waals surface area contributed by atoms with Crippen LogP contribution in [0.1, 0.15) is 37.7 Å². The molecule has 0 radical (unpaired) electrons. The van der Waals surface area contributed by atoms with Gasteiger partial charge in [0.1, 0.15) is 5.82 Å². The fourth-order valence-corrected chi connectivity index (χ4v) is 3.70. The number of anilines is 1. The third kappa shape index (κ3) is 2.10. The van der Waals surface area contributed by atoms with Crippen LogP contribution in [-0.4, -0.2) is 17.6 Å². The molecule has 2 fully saturated rings. The third-order valence-corrected chi connectivity index (χ3v) is 4.77. The van der Waals surface area contributed by atoms with Crippen LogP contribution in [0.4, 0.5) is 5.82 Å². The van der Waals surface area contributed by atoms with E-state index in [0.717, 1.165) is 23.8 Å². The first kappa shape index (κ1) is 12.2. The van der Waals surface area contributed by atoms with Gasteiger partial charge in [-0.3, -0.25) is 0 Å². The zero-order chi connectivity index (χ0) is 12.5. The molecule has 2 atom stereocenters. The Bertz CT molecular complexity index is 435. The Balaban J connectivity index is 1.89. The van der Waals surface area contributed by atoms with Gasteiger partial charge in [0.15, 0.2) is 0 Å². The lowest BCUT2D eigenvalue weighted by Gasteiger charge is -2.38. The maximum Gasteiger partial charge on any atom is 0.129 e. The summed E-state index contributed by atoms with van der Waals surface area (Å²) >= 11 is 6.09. The minimum absolute atomic E-state index is 0.482. The summed E-state index contributed by atoms with van der Waals surface area (Å²) in [5.74, 6) is 1.94. The molecule has 1 aliphatic heterocycles. The molecule has 1 saturated heterocycles. The number of nitrogens with zero attached hydrogens (tertiary/aromatic N) is 2. The lowest BCUT2D eigenvalue weighted by Crippen LogP contribution is -2.43. The van der Waals surface area contributed by atoms with Crippen LogP contribution in [-0.2, 0) is 6.54 Å². The Hall–Kier alpha value is -0.800. The molecule has 1 aromatic heterocycles. The van der Waals surface area contributed by atoms with Gasteiger partial charge in [-0.25, -0.2) is 4.98 Å². The van der Waals surface area contributed by atoms with E-state index in [9.17, 15) is 0 Å². The normalized spacial score (nSPS) is 27.3. The minimum atomic E-state index is 0.482. The smallest absolute Gasteiger partial charge is 0.129 e. The molecule has 3 rings (SSSR count). The van der Waals surface area contributed by atoms with Crippen molar-refractivity contribution in [3.63, 3.8) is 0 Å². The zero-order valence-electron chi connectivity index (χ0n) is 10.6. The fourth-order valence-electron chi connectivity index (χ4n) is 3.52. The van der Waals surface area contributed by atoms with Crippen molar-refractivity contribution in [1.82, 2.24) is 4.98 Å². The zero-order valence-corrected chi connectivity index (χ0v) is 11.4. The molecule has 2 N–H and O–H groups in total. The Kier molecular flexibility index (Phi) is 3.44. The van der Waals surface area contributed by atoms with Crippen LogP contribution in [0.2, 0.25) is 5.02 Å². The number of rotatable bonds is 2. The monoisotopic (exact) mass is 265 g/mol. The molecule has 1 saturated carbocycles.